The molecule has 104 valence electrons. The van der Waals surface area contributed by atoms with E-state index in [0.717, 1.165) is 0 Å². The summed E-state index contributed by atoms with van der Waals surface area (Å²) in [6.45, 7) is 1.95. The van der Waals surface area contributed by atoms with E-state index in [9.17, 15) is 9.59 Å². The number of carbonyl (C=O) groups excluding carboxylic acids is 1. The van der Waals surface area contributed by atoms with Gasteiger partial charge in [0, 0.05) is 0 Å². The van der Waals surface area contributed by atoms with Crippen molar-refractivity contribution >= 4 is 17.8 Å². The first-order chi connectivity index (χ1) is 9.01. The number of aliphatic carboxylic acids is 1. The van der Waals surface area contributed by atoms with Crippen LogP contribution >= 0.6 is 0 Å². The smallest absolute Gasteiger partial charge is 0.336 e. The van der Waals surface area contributed by atoms with Crippen LogP contribution in [0.25, 0.3) is 0 Å². The Morgan fingerprint density at radius 3 is 2.68 bits per heavy atom. The van der Waals surface area contributed by atoms with Gasteiger partial charge < -0.3 is 9.84 Å². The topological polar surface area (TPSA) is 117 Å². The largest absolute Gasteiger partial charge is 0.481 e. The van der Waals surface area contributed by atoms with E-state index in [4.69, 9.17) is 9.84 Å². The van der Waals surface area contributed by atoms with Gasteiger partial charge in [0.15, 0.2) is 0 Å². The third-order valence-electron chi connectivity index (χ3n) is 3.34. The molecule has 1 amide bonds. The number of carboxylic acid groups (broad SMARTS) is 1. The number of carbonyl (C=O) groups is 2. The Hall–Kier alpha value is -2.12. The van der Waals surface area contributed by atoms with Gasteiger partial charge in [-0.25, -0.2) is 5.10 Å². The number of aromatic amines is 1. The molecule has 1 aliphatic rings. The second-order valence-electron chi connectivity index (χ2n) is 4.79. The van der Waals surface area contributed by atoms with E-state index < -0.39 is 17.8 Å². The molecule has 0 aromatic carbocycles. The van der Waals surface area contributed by atoms with Crippen LogP contribution in [-0.2, 0) is 9.59 Å². The molecule has 1 aliphatic carbocycles. The third-order valence-corrected chi connectivity index (χ3v) is 3.34. The van der Waals surface area contributed by atoms with Crippen molar-refractivity contribution in [1.29, 1.82) is 0 Å². The summed E-state index contributed by atoms with van der Waals surface area (Å²) in [7, 11) is 1.41. The predicted octanol–water partition coefficient (Wildman–Crippen LogP) is 0.499. The van der Waals surface area contributed by atoms with Crippen molar-refractivity contribution in [2.75, 3.05) is 12.4 Å². The van der Waals surface area contributed by atoms with Crippen LogP contribution in [0.4, 0.5) is 5.95 Å². The fourth-order valence-electron chi connectivity index (χ4n) is 2.46. The average Bonchev–Trinajstić information content (AvgIpc) is 2.95. The van der Waals surface area contributed by atoms with Gasteiger partial charge >= 0.3 is 12.0 Å². The van der Waals surface area contributed by atoms with E-state index in [0.29, 0.717) is 12.8 Å². The molecule has 0 saturated heterocycles. The molecule has 1 aromatic rings. The quantitative estimate of drug-likeness (QED) is 0.732. The molecule has 0 radical (unpaired) electrons. The lowest BCUT2D eigenvalue weighted by Crippen LogP contribution is -2.30. The number of H-pyrrole nitrogens is 1. The van der Waals surface area contributed by atoms with Gasteiger partial charge in [0.1, 0.15) is 0 Å². The maximum absolute atomic E-state index is 12.1. The van der Waals surface area contributed by atoms with Crippen molar-refractivity contribution in [3.8, 4) is 6.01 Å². The molecule has 1 heterocycles. The molecule has 19 heavy (non-hydrogen) atoms. The van der Waals surface area contributed by atoms with Gasteiger partial charge in [0.2, 0.25) is 11.9 Å². The first kappa shape index (κ1) is 13.3. The van der Waals surface area contributed by atoms with Crippen molar-refractivity contribution in [2.24, 2.45) is 17.8 Å². The zero-order valence-electron chi connectivity index (χ0n) is 10.7. The highest BCUT2D eigenvalue weighted by Crippen LogP contribution is 2.36. The van der Waals surface area contributed by atoms with Crippen LogP contribution in [-0.4, -0.2) is 39.3 Å². The predicted molar refractivity (Wildman–Crippen MR) is 64.6 cm³/mol. The SMILES string of the molecule is COc1n[nH]c(NC(=O)C2CC(C)CC2C(=O)O)n1. The maximum atomic E-state index is 12.1. The molecule has 0 spiro atoms. The number of methoxy groups -OCH3 is 1. The molecule has 3 atom stereocenters. The number of ether oxygens (including phenoxy) is 1. The summed E-state index contributed by atoms with van der Waals surface area (Å²) >= 11 is 0. The van der Waals surface area contributed by atoms with Gasteiger partial charge in [-0.1, -0.05) is 6.92 Å². The summed E-state index contributed by atoms with van der Waals surface area (Å²) in [5.74, 6) is -2.08. The van der Waals surface area contributed by atoms with Crippen molar-refractivity contribution in [1.82, 2.24) is 15.2 Å². The lowest BCUT2D eigenvalue weighted by Gasteiger charge is -2.13. The van der Waals surface area contributed by atoms with Crippen LogP contribution in [0, 0.1) is 17.8 Å². The summed E-state index contributed by atoms with van der Waals surface area (Å²) < 4.78 is 4.78. The average molecular weight is 268 g/mol. The standard InChI is InChI=1S/C11H16N4O4/c1-5-3-6(7(4-5)9(17)18)8(16)12-10-13-11(19-2)15-14-10/h5-7H,3-4H2,1-2H3,(H,17,18)(H2,12,13,14,15,16). The highest BCUT2D eigenvalue weighted by Gasteiger charge is 2.41. The highest BCUT2D eigenvalue weighted by molar-refractivity contribution is 5.94. The monoisotopic (exact) mass is 268 g/mol. The van der Waals surface area contributed by atoms with E-state index in [2.05, 4.69) is 20.5 Å². The molecule has 1 aromatic heterocycles. The van der Waals surface area contributed by atoms with Crippen LogP contribution in [0.5, 0.6) is 6.01 Å². The number of rotatable bonds is 4. The molecule has 1 fully saturated rings. The molecule has 0 aliphatic heterocycles. The van der Waals surface area contributed by atoms with E-state index in [-0.39, 0.29) is 23.8 Å². The molecular formula is C11H16N4O4. The number of nitrogens with one attached hydrogen (secondary N) is 2. The minimum Gasteiger partial charge on any atom is -0.481 e. The third kappa shape index (κ3) is 2.83. The lowest BCUT2D eigenvalue weighted by molar-refractivity contribution is -0.145. The Morgan fingerprint density at radius 1 is 1.42 bits per heavy atom. The molecule has 2 rings (SSSR count). The summed E-state index contributed by atoms with van der Waals surface area (Å²) in [5.41, 5.74) is 0. The molecular weight excluding hydrogens is 252 g/mol. The minimum atomic E-state index is -0.931. The number of aromatic nitrogens is 3. The van der Waals surface area contributed by atoms with Gasteiger partial charge in [-0.3, -0.25) is 14.9 Å². The second kappa shape index (κ2) is 5.25. The van der Waals surface area contributed by atoms with Crippen LogP contribution in [0.2, 0.25) is 0 Å². The zero-order chi connectivity index (χ0) is 14.0. The van der Waals surface area contributed by atoms with Gasteiger partial charge in [-0.15, -0.1) is 5.10 Å². The van der Waals surface area contributed by atoms with E-state index in [1.807, 2.05) is 6.92 Å². The highest BCUT2D eigenvalue weighted by atomic mass is 16.5. The molecule has 8 nitrogen and oxygen atoms in total. The molecule has 3 unspecified atom stereocenters. The Bertz CT molecular complexity index is 487. The number of amides is 1. The van der Waals surface area contributed by atoms with Gasteiger partial charge in [-0.05, 0) is 18.8 Å². The fraction of sp³-hybridized carbons (Fsp3) is 0.636. The fourth-order valence-corrected chi connectivity index (χ4v) is 2.46. The Labute approximate surface area is 109 Å². The van der Waals surface area contributed by atoms with Crippen LogP contribution in [0.1, 0.15) is 19.8 Å². The summed E-state index contributed by atoms with van der Waals surface area (Å²) in [6.07, 6.45) is 1.08. The van der Waals surface area contributed by atoms with E-state index in [1.54, 1.807) is 0 Å². The molecule has 0 bridgehead atoms. The van der Waals surface area contributed by atoms with Crippen LogP contribution < -0.4 is 10.1 Å². The van der Waals surface area contributed by atoms with Crippen molar-refractivity contribution < 1.29 is 19.4 Å². The molecule has 1 saturated carbocycles. The minimum absolute atomic E-state index is 0.116. The second-order valence-corrected chi connectivity index (χ2v) is 4.79. The van der Waals surface area contributed by atoms with Gasteiger partial charge in [-0.2, -0.15) is 4.98 Å². The number of hydrogen-bond donors (Lipinski definition) is 3. The van der Waals surface area contributed by atoms with Crippen LogP contribution in [0.3, 0.4) is 0 Å². The van der Waals surface area contributed by atoms with Gasteiger partial charge in [0.05, 0.1) is 18.9 Å². The van der Waals surface area contributed by atoms with Crippen LogP contribution in [0.15, 0.2) is 0 Å². The number of carboxylic acids is 1. The first-order valence-corrected chi connectivity index (χ1v) is 6.01. The van der Waals surface area contributed by atoms with Gasteiger partial charge in [0.25, 0.3) is 0 Å². The normalized spacial score (nSPS) is 26.1. The molecule has 3 N–H and O–H groups in total. The number of hydrogen-bond acceptors (Lipinski definition) is 5. The number of nitrogens with zero attached hydrogens (tertiary/aromatic N) is 2. The van der Waals surface area contributed by atoms with E-state index in [1.165, 1.54) is 7.11 Å². The van der Waals surface area contributed by atoms with Crippen molar-refractivity contribution in [3.05, 3.63) is 0 Å². The lowest BCUT2D eigenvalue weighted by atomic mass is 9.95. The summed E-state index contributed by atoms with van der Waals surface area (Å²) in [6, 6.07) is 0.116. The Morgan fingerprint density at radius 2 is 2.11 bits per heavy atom. The zero-order valence-corrected chi connectivity index (χ0v) is 10.7. The summed E-state index contributed by atoms with van der Waals surface area (Å²) in [4.78, 5) is 27.1. The maximum Gasteiger partial charge on any atom is 0.336 e. The number of anilines is 1. The Kier molecular flexibility index (Phi) is 3.68. The Balaban J connectivity index is 2.04. The summed E-state index contributed by atoms with van der Waals surface area (Å²) in [5, 5.41) is 17.9. The van der Waals surface area contributed by atoms with Crippen molar-refractivity contribution in [2.45, 2.75) is 19.8 Å². The van der Waals surface area contributed by atoms with E-state index >= 15 is 0 Å². The van der Waals surface area contributed by atoms with Crippen molar-refractivity contribution in [3.63, 3.8) is 0 Å². The molecule has 8 heteroatoms. The first-order valence-electron chi connectivity index (χ1n) is 6.01.